The molecule has 0 bridgehead atoms. The summed E-state index contributed by atoms with van der Waals surface area (Å²) in [6.07, 6.45) is -6.37. The van der Waals surface area contributed by atoms with Gasteiger partial charge in [-0.1, -0.05) is 54.6 Å². The van der Waals surface area contributed by atoms with Gasteiger partial charge in [-0.3, -0.25) is 19.2 Å². The molecule has 1 aliphatic rings. The third-order valence-corrected chi connectivity index (χ3v) is 5.45. The van der Waals surface area contributed by atoms with E-state index in [4.69, 9.17) is 18.9 Å². The zero-order chi connectivity index (χ0) is 26.2. The van der Waals surface area contributed by atoms with Crippen LogP contribution in [0.15, 0.2) is 54.6 Å². The van der Waals surface area contributed by atoms with Crippen molar-refractivity contribution in [2.24, 2.45) is 0 Å². The molecule has 0 saturated carbocycles. The summed E-state index contributed by atoms with van der Waals surface area (Å²) >= 11 is 0. The van der Waals surface area contributed by atoms with Crippen molar-refractivity contribution in [1.29, 1.82) is 0 Å². The Balaban J connectivity index is 1.78. The Kier molecular flexibility index (Phi) is 9.15. The van der Waals surface area contributed by atoms with E-state index < -0.39 is 61.1 Å². The number of aliphatic hydroxyl groups excluding tert-OH is 1. The SMILES string of the molecule is CC(=O)O[C@@H]1[C@@H](OC(C)=O)[C@H](NC(=O)Cc2ccc(-c3ccccc3)cc2)O[C@H](CO)[C@H]1OC(C)=O. The molecule has 1 amide bonds. The van der Waals surface area contributed by atoms with Gasteiger partial charge >= 0.3 is 17.9 Å². The van der Waals surface area contributed by atoms with Crippen LogP contribution in [0.25, 0.3) is 11.1 Å². The third kappa shape index (κ3) is 7.12. The maximum absolute atomic E-state index is 12.9. The highest BCUT2D eigenvalue weighted by Crippen LogP contribution is 2.28. The summed E-state index contributed by atoms with van der Waals surface area (Å²) in [5.74, 6) is -2.66. The van der Waals surface area contributed by atoms with E-state index >= 15 is 0 Å². The number of carbonyl (C=O) groups is 4. The molecule has 3 rings (SSSR count). The number of rotatable bonds is 8. The van der Waals surface area contributed by atoms with E-state index in [2.05, 4.69) is 5.32 Å². The van der Waals surface area contributed by atoms with E-state index in [9.17, 15) is 24.3 Å². The Morgan fingerprint density at radius 2 is 1.31 bits per heavy atom. The lowest BCUT2D eigenvalue weighted by Crippen LogP contribution is -2.66. The largest absolute Gasteiger partial charge is 0.456 e. The summed E-state index contributed by atoms with van der Waals surface area (Å²) < 4.78 is 21.6. The molecule has 1 saturated heterocycles. The summed E-state index contributed by atoms with van der Waals surface area (Å²) in [6, 6.07) is 17.2. The van der Waals surface area contributed by atoms with E-state index in [1.165, 1.54) is 0 Å². The van der Waals surface area contributed by atoms with Gasteiger partial charge in [0.2, 0.25) is 5.91 Å². The Morgan fingerprint density at radius 1 is 0.778 bits per heavy atom. The second-order valence-electron chi connectivity index (χ2n) is 8.31. The standard InChI is InChI=1S/C26H29NO9/c1-15(29)33-23-21(14-28)36-26(25(35-17(3)31)24(23)34-16(2)30)27-22(32)13-18-9-11-20(12-10-18)19-7-5-4-6-8-19/h4-12,21,23-26,28H,13-14H2,1-3H3,(H,27,32)/t21-,23-,24+,25-,26-/m1/s1. The zero-order valence-corrected chi connectivity index (χ0v) is 20.2. The van der Waals surface area contributed by atoms with Crippen LogP contribution < -0.4 is 5.32 Å². The van der Waals surface area contributed by atoms with Crippen molar-refractivity contribution < 1.29 is 43.2 Å². The molecular formula is C26H29NO9. The molecule has 192 valence electrons. The minimum Gasteiger partial charge on any atom is -0.456 e. The molecule has 2 aromatic carbocycles. The van der Waals surface area contributed by atoms with Crippen LogP contribution in [-0.4, -0.2) is 66.2 Å². The summed E-state index contributed by atoms with van der Waals surface area (Å²) in [5.41, 5.74) is 2.76. The van der Waals surface area contributed by atoms with Crippen LogP contribution >= 0.6 is 0 Å². The molecule has 0 aromatic heterocycles. The highest BCUT2D eigenvalue weighted by Gasteiger charge is 2.52. The van der Waals surface area contributed by atoms with Crippen molar-refractivity contribution in [3.63, 3.8) is 0 Å². The van der Waals surface area contributed by atoms with E-state index in [1.807, 2.05) is 54.6 Å². The molecule has 10 heteroatoms. The summed E-state index contributed by atoms with van der Waals surface area (Å²) in [6.45, 7) is 2.79. The molecule has 0 radical (unpaired) electrons. The molecule has 36 heavy (non-hydrogen) atoms. The van der Waals surface area contributed by atoms with Gasteiger partial charge in [-0.2, -0.15) is 0 Å². The first-order chi connectivity index (χ1) is 17.2. The fraction of sp³-hybridized carbons (Fsp3) is 0.385. The van der Waals surface area contributed by atoms with Crippen LogP contribution in [0.5, 0.6) is 0 Å². The van der Waals surface area contributed by atoms with Crippen molar-refractivity contribution in [3.05, 3.63) is 60.2 Å². The van der Waals surface area contributed by atoms with Crippen molar-refractivity contribution >= 4 is 23.8 Å². The molecule has 1 aliphatic heterocycles. The van der Waals surface area contributed by atoms with Crippen molar-refractivity contribution in [2.75, 3.05) is 6.61 Å². The van der Waals surface area contributed by atoms with Crippen LogP contribution in [0.2, 0.25) is 0 Å². The van der Waals surface area contributed by atoms with E-state index in [1.54, 1.807) is 0 Å². The molecule has 0 aliphatic carbocycles. The van der Waals surface area contributed by atoms with Crippen LogP contribution in [0, 0.1) is 0 Å². The number of hydrogen-bond donors (Lipinski definition) is 2. The predicted octanol–water partition coefficient (Wildman–Crippen LogP) is 1.52. The molecule has 10 nitrogen and oxygen atoms in total. The van der Waals surface area contributed by atoms with Crippen molar-refractivity contribution in [1.82, 2.24) is 5.32 Å². The van der Waals surface area contributed by atoms with E-state index in [0.717, 1.165) is 37.5 Å². The van der Waals surface area contributed by atoms with Gasteiger partial charge < -0.3 is 29.4 Å². The van der Waals surface area contributed by atoms with Crippen LogP contribution in [0.1, 0.15) is 26.3 Å². The second kappa shape index (κ2) is 12.3. The van der Waals surface area contributed by atoms with E-state index in [0.29, 0.717) is 0 Å². The van der Waals surface area contributed by atoms with Gasteiger partial charge in [0.15, 0.2) is 24.5 Å². The molecule has 1 heterocycles. The number of aliphatic hydroxyl groups is 1. The number of esters is 3. The summed E-state index contributed by atoms with van der Waals surface area (Å²) in [4.78, 5) is 48.1. The van der Waals surface area contributed by atoms with Gasteiger partial charge in [-0.05, 0) is 16.7 Å². The quantitative estimate of drug-likeness (QED) is 0.409. The molecule has 5 atom stereocenters. The van der Waals surface area contributed by atoms with Crippen LogP contribution in [0.4, 0.5) is 0 Å². The number of carbonyl (C=O) groups excluding carboxylic acids is 4. The molecule has 2 N–H and O–H groups in total. The highest BCUT2D eigenvalue weighted by molar-refractivity contribution is 5.79. The van der Waals surface area contributed by atoms with E-state index in [-0.39, 0.29) is 6.42 Å². The second-order valence-corrected chi connectivity index (χ2v) is 8.31. The van der Waals surface area contributed by atoms with Gasteiger partial charge in [0.1, 0.15) is 6.10 Å². The lowest BCUT2D eigenvalue weighted by Gasteiger charge is -2.44. The maximum Gasteiger partial charge on any atom is 0.303 e. The first-order valence-corrected chi connectivity index (χ1v) is 11.4. The lowest BCUT2D eigenvalue weighted by molar-refractivity contribution is -0.255. The molecule has 0 unspecified atom stereocenters. The van der Waals surface area contributed by atoms with Gasteiger partial charge in [-0.25, -0.2) is 0 Å². The monoisotopic (exact) mass is 499 g/mol. The Morgan fingerprint density at radius 3 is 1.86 bits per heavy atom. The number of amides is 1. The Labute approximate surface area is 208 Å². The van der Waals surface area contributed by atoms with Gasteiger partial charge in [0.05, 0.1) is 13.0 Å². The Bertz CT molecular complexity index is 1070. The first-order valence-electron chi connectivity index (χ1n) is 11.4. The van der Waals surface area contributed by atoms with Crippen LogP contribution in [-0.2, 0) is 44.5 Å². The molecule has 0 spiro atoms. The number of ether oxygens (including phenoxy) is 4. The maximum atomic E-state index is 12.9. The molecular weight excluding hydrogens is 470 g/mol. The normalized spacial score (nSPS) is 23.3. The first kappa shape index (κ1) is 26.8. The van der Waals surface area contributed by atoms with Crippen molar-refractivity contribution in [2.45, 2.75) is 57.8 Å². The van der Waals surface area contributed by atoms with Gasteiger partial charge in [0, 0.05) is 20.8 Å². The van der Waals surface area contributed by atoms with Gasteiger partial charge in [0.25, 0.3) is 0 Å². The summed E-state index contributed by atoms with van der Waals surface area (Å²) in [5, 5.41) is 12.5. The smallest absolute Gasteiger partial charge is 0.303 e. The molecule has 1 fully saturated rings. The highest BCUT2D eigenvalue weighted by atomic mass is 16.7. The minimum absolute atomic E-state index is 0.0167. The number of nitrogens with one attached hydrogen (secondary N) is 1. The third-order valence-electron chi connectivity index (χ3n) is 5.45. The minimum atomic E-state index is -1.33. The Hall–Kier alpha value is -3.76. The van der Waals surface area contributed by atoms with Crippen LogP contribution in [0.3, 0.4) is 0 Å². The fourth-order valence-corrected chi connectivity index (χ4v) is 4.00. The van der Waals surface area contributed by atoms with Gasteiger partial charge in [-0.15, -0.1) is 0 Å². The number of benzene rings is 2. The average Bonchev–Trinajstić information content (AvgIpc) is 2.82. The topological polar surface area (TPSA) is 137 Å². The average molecular weight is 500 g/mol. The lowest BCUT2D eigenvalue weighted by atomic mass is 9.97. The fourth-order valence-electron chi connectivity index (χ4n) is 4.00. The number of hydrogen-bond acceptors (Lipinski definition) is 9. The van der Waals surface area contributed by atoms with Crippen molar-refractivity contribution in [3.8, 4) is 11.1 Å². The molecule has 2 aromatic rings. The predicted molar refractivity (Wildman–Crippen MR) is 126 cm³/mol. The zero-order valence-electron chi connectivity index (χ0n) is 20.2. The summed E-state index contributed by atoms with van der Waals surface area (Å²) in [7, 11) is 0.